The standard InChI is InChI=1S/C28H38N6O2/c1-2-12-31(11-1)27(32-13-3-4-14-32)29-24-9-5-7-23-8-6-10-25(26(23)24)30-28(33-15-19-35-20-16-33)34-17-21-36-22-18-34/h5-10H,1-4,11-22H2. The van der Waals surface area contributed by atoms with E-state index in [1.165, 1.54) is 31.1 Å². The maximum Gasteiger partial charge on any atom is 0.202 e. The first-order valence-electron chi connectivity index (χ1n) is 13.7. The molecule has 0 atom stereocenters. The molecule has 0 N–H and O–H groups in total. The molecule has 36 heavy (non-hydrogen) atoms. The molecule has 2 aromatic carbocycles. The second-order valence-electron chi connectivity index (χ2n) is 10.1. The first kappa shape index (κ1) is 23.6. The van der Waals surface area contributed by atoms with Crippen LogP contribution in [0, 0.1) is 0 Å². The molecular weight excluding hydrogens is 452 g/mol. The second kappa shape index (κ2) is 11.0. The quantitative estimate of drug-likeness (QED) is 0.473. The number of morpholine rings is 2. The Balaban J connectivity index is 1.45. The number of benzene rings is 2. The number of hydrogen-bond acceptors (Lipinski definition) is 4. The first-order chi connectivity index (χ1) is 17.9. The lowest BCUT2D eigenvalue weighted by Crippen LogP contribution is -2.52. The van der Waals surface area contributed by atoms with Gasteiger partial charge in [0, 0.05) is 57.7 Å². The average molecular weight is 491 g/mol. The fourth-order valence-electron chi connectivity index (χ4n) is 5.75. The van der Waals surface area contributed by atoms with Gasteiger partial charge in [0.1, 0.15) is 0 Å². The molecule has 8 nitrogen and oxygen atoms in total. The van der Waals surface area contributed by atoms with Crippen LogP contribution in [0.4, 0.5) is 11.4 Å². The molecule has 0 spiro atoms. The molecule has 0 aromatic heterocycles. The fraction of sp³-hybridized carbons (Fsp3) is 0.571. The minimum atomic E-state index is 0.740. The second-order valence-corrected chi connectivity index (χ2v) is 10.1. The van der Waals surface area contributed by atoms with E-state index in [0.717, 1.165) is 107 Å². The molecule has 192 valence electrons. The molecule has 0 bridgehead atoms. The largest absolute Gasteiger partial charge is 0.378 e. The molecule has 4 aliphatic rings. The van der Waals surface area contributed by atoms with Crippen LogP contribution < -0.4 is 0 Å². The van der Waals surface area contributed by atoms with Gasteiger partial charge in [-0.2, -0.15) is 0 Å². The van der Waals surface area contributed by atoms with Gasteiger partial charge < -0.3 is 29.1 Å². The van der Waals surface area contributed by atoms with Gasteiger partial charge in [0.2, 0.25) is 11.9 Å². The Bertz CT molecular complexity index is 1050. The van der Waals surface area contributed by atoms with Crippen molar-refractivity contribution in [2.24, 2.45) is 9.98 Å². The highest BCUT2D eigenvalue weighted by molar-refractivity contribution is 6.04. The summed E-state index contributed by atoms with van der Waals surface area (Å²) in [6, 6.07) is 12.9. The van der Waals surface area contributed by atoms with E-state index in [2.05, 4.69) is 56.0 Å². The van der Waals surface area contributed by atoms with Crippen LogP contribution in [0.2, 0.25) is 0 Å². The maximum absolute atomic E-state index is 5.65. The van der Waals surface area contributed by atoms with E-state index in [1.807, 2.05) is 0 Å². The zero-order chi connectivity index (χ0) is 24.2. The van der Waals surface area contributed by atoms with Crippen LogP contribution in [-0.4, -0.2) is 110 Å². The topological polar surface area (TPSA) is 56.1 Å². The molecule has 0 radical (unpaired) electrons. The van der Waals surface area contributed by atoms with Crippen LogP contribution in [0.3, 0.4) is 0 Å². The zero-order valence-electron chi connectivity index (χ0n) is 21.3. The van der Waals surface area contributed by atoms with Gasteiger partial charge >= 0.3 is 0 Å². The van der Waals surface area contributed by atoms with Gasteiger partial charge in [-0.1, -0.05) is 24.3 Å². The summed E-state index contributed by atoms with van der Waals surface area (Å²) in [4.78, 5) is 20.5. The summed E-state index contributed by atoms with van der Waals surface area (Å²) < 4.78 is 11.3. The summed E-state index contributed by atoms with van der Waals surface area (Å²) in [6.07, 6.45) is 5.00. The Labute approximate surface area is 214 Å². The van der Waals surface area contributed by atoms with Gasteiger partial charge in [-0.15, -0.1) is 0 Å². The molecule has 0 unspecified atom stereocenters. The summed E-state index contributed by atoms with van der Waals surface area (Å²) in [7, 11) is 0. The SMILES string of the molecule is c1cc(N=C(N2CCCC2)N2CCCC2)c2c(N=C(N3CCOCC3)N3CCOCC3)cccc2c1. The van der Waals surface area contributed by atoms with E-state index >= 15 is 0 Å². The lowest BCUT2D eigenvalue weighted by molar-refractivity contribution is 0.0422. The van der Waals surface area contributed by atoms with Gasteiger partial charge in [0.05, 0.1) is 37.8 Å². The van der Waals surface area contributed by atoms with Crippen molar-refractivity contribution in [2.45, 2.75) is 25.7 Å². The van der Waals surface area contributed by atoms with Crippen molar-refractivity contribution in [1.29, 1.82) is 0 Å². The van der Waals surface area contributed by atoms with Crippen LogP contribution in [0.25, 0.3) is 10.8 Å². The van der Waals surface area contributed by atoms with Crippen molar-refractivity contribution in [3.8, 4) is 0 Å². The molecule has 0 amide bonds. The zero-order valence-corrected chi connectivity index (χ0v) is 21.3. The van der Waals surface area contributed by atoms with Gasteiger partial charge in [0.15, 0.2) is 0 Å². The van der Waals surface area contributed by atoms with E-state index in [1.54, 1.807) is 0 Å². The smallest absolute Gasteiger partial charge is 0.202 e. The molecule has 4 aliphatic heterocycles. The molecule has 8 heteroatoms. The number of ether oxygens (including phenoxy) is 2. The Morgan fingerprint density at radius 2 is 0.917 bits per heavy atom. The van der Waals surface area contributed by atoms with Gasteiger partial charge in [-0.25, -0.2) is 9.98 Å². The van der Waals surface area contributed by atoms with E-state index in [-0.39, 0.29) is 0 Å². The van der Waals surface area contributed by atoms with E-state index in [4.69, 9.17) is 19.5 Å². The lowest BCUT2D eigenvalue weighted by Gasteiger charge is -2.38. The molecule has 0 aliphatic carbocycles. The number of likely N-dealkylation sites (tertiary alicyclic amines) is 2. The van der Waals surface area contributed by atoms with Crippen LogP contribution in [0.5, 0.6) is 0 Å². The predicted molar refractivity (Wildman–Crippen MR) is 145 cm³/mol. The molecule has 4 fully saturated rings. The van der Waals surface area contributed by atoms with Crippen LogP contribution >= 0.6 is 0 Å². The number of aliphatic imine (C=N–C) groups is 2. The highest BCUT2D eigenvalue weighted by atomic mass is 16.5. The van der Waals surface area contributed by atoms with Crippen LogP contribution in [0.1, 0.15) is 25.7 Å². The van der Waals surface area contributed by atoms with Crippen molar-refractivity contribution in [2.75, 3.05) is 78.8 Å². The Morgan fingerprint density at radius 1 is 0.528 bits per heavy atom. The van der Waals surface area contributed by atoms with Crippen molar-refractivity contribution < 1.29 is 9.47 Å². The third-order valence-corrected chi connectivity index (χ3v) is 7.67. The van der Waals surface area contributed by atoms with Crippen LogP contribution in [-0.2, 0) is 9.47 Å². The van der Waals surface area contributed by atoms with Crippen molar-refractivity contribution in [3.63, 3.8) is 0 Å². The third kappa shape index (κ3) is 5.02. The Hall–Kier alpha value is -2.84. The first-order valence-corrected chi connectivity index (χ1v) is 13.7. The molecular formula is C28H38N6O2. The Kier molecular flexibility index (Phi) is 7.23. The molecule has 4 heterocycles. The number of hydrogen-bond donors (Lipinski definition) is 0. The molecule has 4 saturated heterocycles. The normalized spacial score (nSPS) is 20.8. The highest BCUT2D eigenvalue weighted by Gasteiger charge is 2.26. The fourth-order valence-corrected chi connectivity index (χ4v) is 5.75. The van der Waals surface area contributed by atoms with E-state index < -0.39 is 0 Å². The summed E-state index contributed by atoms with van der Waals surface area (Å²) >= 11 is 0. The summed E-state index contributed by atoms with van der Waals surface area (Å²) in [5.74, 6) is 2.19. The number of guanidine groups is 2. The van der Waals surface area contributed by atoms with Gasteiger partial charge in [-0.3, -0.25) is 0 Å². The maximum atomic E-state index is 5.65. The van der Waals surface area contributed by atoms with Crippen molar-refractivity contribution >= 4 is 34.1 Å². The molecule has 2 aromatic rings. The third-order valence-electron chi connectivity index (χ3n) is 7.67. The lowest BCUT2D eigenvalue weighted by atomic mass is 10.1. The Morgan fingerprint density at radius 3 is 1.33 bits per heavy atom. The van der Waals surface area contributed by atoms with Crippen molar-refractivity contribution in [1.82, 2.24) is 19.6 Å². The van der Waals surface area contributed by atoms with E-state index in [0.29, 0.717) is 0 Å². The van der Waals surface area contributed by atoms with Crippen molar-refractivity contribution in [3.05, 3.63) is 36.4 Å². The summed E-state index contributed by atoms with van der Waals surface area (Å²) in [5, 5.41) is 2.32. The van der Waals surface area contributed by atoms with E-state index in [9.17, 15) is 0 Å². The minimum absolute atomic E-state index is 0.740. The van der Waals surface area contributed by atoms with Crippen LogP contribution in [0.15, 0.2) is 46.4 Å². The predicted octanol–water partition coefficient (Wildman–Crippen LogP) is 3.67. The summed E-state index contributed by atoms with van der Waals surface area (Å²) in [5.41, 5.74) is 2.01. The molecule has 6 rings (SSSR count). The molecule has 0 saturated carbocycles. The van der Waals surface area contributed by atoms with Gasteiger partial charge in [-0.05, 0) is 43.2 Å². The number of nitrogens with zero attached hydrogens (tertiary/aromatic N) is 6. The summed E-state index contributed by atoms with van der Waals surface area (Å²) in [6.45, 7) is 10.8. The number of fused-ring (bicyclic) bond motifs is 1. The number of rotatable bonds is 2. The highest BCUT2D eigenvalue weighted by Crippen LogP contribution is 2.36. The average Bonchev–Trinajstić information content (AvgIpc) is 3.67. The van der Waals surface area contributed by atoms with Gasteiger partial charge in [0.25, 0.3) is 0 Å². The monoisotopic (exact) mass is 490 g/mol. The minimum Gasteiger partial charge on any atom is -0.378 e.